The van der Waals surface area contributed by atoms with Gasteiger partial charge in [0.25, 0.3) is 0 Å². The van der Waals surface area contributed by atoms with Crippen molar-refractivity contribution in [3.8, 4) is 5.75 Å². The number of nitrogens with one attached hydrogen (secondary N) is 1. The van der Waals surface area contributed by atoms with Gasteiger partial charge in [-0.15, -0.1) is 24.5 Å². The number of hydrogen-bond acceptors (Lipinski definition) is 4. The van der Waals surface area contributed by atoms with Crippen molar-refractivity contribution in [1.82, 2.24) is 4.90 Å². The standard InChI is InChI=1S/C24H22F3N3O3S/c25-24(26,27)33-18-10-8-17(9-11-18)16-29-12-4-13-30(23(29)32)21-7-2-1-6-20(21)28-22(31)15-19-5-3-14-34-19/h1-3,5-11,14H,4,12-13,15-16H2,(H,28,31). The van der Waals surface area contributed by atoms with Crippen LogP contribution in [0.2, 0.25) is 0 Å². The Morgan fingerprint density at radius 3 is 2.50 bits per heavy atom. The quantitative estimate of drug-likeness (QED) is 0.466. The van der Waals surface area contributed by atoms with Crippen LogP contribution < -0.4 is 15.0 Å². The highest BCUT2D eigenvalue weighted by molar-refractivity contribution is 7.10. The smallest absolute Gasteiger partial charge is 0.406 e. The minimum absolute atomic E-state index is 0.169. The van der Waals surface area contributed by atoms with E-state index in [0.717, 1.165) is 4.88 Å². The van der Waals surface area contributed by atoms with E-state index in [4.69, 9.17) is 0 Å². The molecule has 0 unspecified atom stereocenters. The Bertz CT molecular complexity index is 1130. The summed E-state index contributed by atoms with van der Waals surface area (Å²) in [6.07, 6.45) is -3.80. The summed E-state index contributed by atoms with van der Waals surface area (Å²) >= 11 is 1.50. The third-order valence-electron chi connectivity index (χ3n) is 5.23. The lowest BCUT2D eigenvalue weighted by atomic mass is 10.1. The lowest BCUT2D eigenvalue weighted by molar-refractivity contribution is -0.274. The van der Waals surface area contributed by atoms with Crippen molar-refractivity contribution >= 4 is 34.6 Å². The summed E-state index contributed by atoms with van der Waals surface area (Å²) < 4.78 is 41.0. The largest absolute Gasteiger partial charge is 0.573 e. The number of thiophene rings is 1. The molecule has 1 saturated heterocycles. The highest BCUT2D eigenvalue weighted by atomic mass is 32.1. The van der Waals surface area contributed by atoms with E-state index in [1.807, 2.05) is 17.5 Å². The lowest BCUT2D eigenvalue weighted by Crippen LogP contribution is -2.49. The van der Waals surface area contributed by atoms with E-state index in [9.17, 15) is 22.8 Å². The second kappa shape index (κ2) is 10.2. The van der Waals surface area contributed by atoms with Crippen LogP contribution in [0.3, 0.4) is 0 Å². The molecule has 0 aliphatic carbocycles. The first-order chi connectivity index (χ1) is 16.3. The molecule has 2 aromatic carbocycles. The molecule has 3 aromatic rings. The number of alkyl halides is 3. The number of hydrogen-bond donors (Lipinski definition) is 1. The molecule has 0 bridgehead atoms. The molecule has 1 N–H and O–H groups in total. The maximum Gasteiger partial charge on any atom is 0.573 e. The average molecular weight is 490 g/mol. The van der Waals surface area contributed by atoms with Crippen LogP contribution in [0.25, 0.3) is 0 Å². The Balaban J connectivity index is 1.44. The van der Waals surface area contributed by atoms with Crippen LogP contribution in [-0.2, 0) is 17.8 Å². The van der Waals surface area contributed by atoms with Gasteiger partial charge < -0.3 is 15.0 Å². The van der Waals surface area contributed by atoms with Crippen LogP contribution in [0, 0.1) is 0 Å². The van der Waals surface area contributed by atoms with Crippen molar-refractivity contribution in [2.45, 2.75) is 25.7 Å². The van der Waals surface area contributed by atoms with Crippen LogP contribution in [0.15, 0.2) is 66.0 Å². The molecule has 10 heteroatoms. The van der Waals surface area contributed by atoms with Crippen molar-refractivity contribution in [3.63, 3.8) is 0 Å². The van der Waals surface area contributed by atoms with E-state index < -0.39 is 6.36 Å². The number of benzene rings is 2. The third kappa shape index (κ3) is 6.07. The Kier molecular flexibility index (Phi) is 7.06. The van der Waals surface area contributed by atoms with Crippen LogP contribution in [0.4, 0.5) is 29.3 Å². The van der Waals surface area contributed by atoms with Gasteiger partial charge in [0.1, 0.15) is 5.75 Å². The lowest BCUT2D eigenvalue weighted by Gasteiger charge is -2.36. The number of urea groups is 1. The van der Waals surface area contributed by atoms with E-state index in [1.54, 1.807) is 34.1 Å². The molecule has 0 saturated carbocycles. The van der Waals surface area contributed by atoms with Gasteiger partial charge in [0.15, 0.2) is 0 Å². The second-order valence-corrected chi connectivity index (χ2v) is 8.75. The van der Waals surface area contributed by atoms with Gasteiger partial charge in [-0.1, -0.05) is 30.3 Å². The predicted octanol–water partition coefficient (Wildman–Crippen LogP) is 5.66. The molecule has 3 amide bonds. The van der Waals surface area contributed by atoms with Crippen molar-refractivity contribution in [2.75, 3.05) is 23.3 Å². The van der Waals surface area contributed by atoms with Gasteiger partial charge >= 0.3 is 12.4 Å². The molecule has 0 spiro atoms. The molecule has 1 fully saturated rings. The van der Waals surface area contributed by atoms with Crippen LogP contribution in [0.1, 0.15) is 16.9 Å². The Morgan fingerprint density at radius 2 is 1.79 bits per heavy atom. The zero-order valence-electron chi connectivity index (χ0n) is 18.0. The molecule has 1 aromatic heterocycles. The highest BCUT2D eigenvalue weighted by Gasteiger charge is 2.31. The zero-order valence-corrected chi connectivity index (χ0v) is 18.9. The summed E-state index contributed by atoms with van der Waals surface area (Å²) in [5, 5.41) is 4.82. The molecule has 2 heterocycles. The molecule has 6 nitrogen and oxygen atoms in total. The Labute approximate surface area is 198 Å². The van der Waals surface area contributed by atoms with E-state index in [0.29, 0.717) is 36.4 Å². The van der Waals surface area contributed by atoms with E-state index in [1.165, 1.54) is 35.6 Å². The molecule has 0 radical (unpaired) electrons. The summed E-state index contributed by atoms with van der Waals surface area (Å²) in [5.74, 6) is -0.479. The predicted molar refractivity (Wildman–Crippen MR) is 124 cm³/mol. The number of amides is 3. The molecule has 34 heavy (non-hydrogen) atoms. The fourth-order valence-electron chi connectivity index (χ4n) is 3.75. The summed E-state index contributed by atoms with van der Waals surface area (Å²) in [5.41, 5.74) is 1.83. The van der Waals surface area contributed by atoms with Crippen molar-refractivity contribution < 1.29 is 27.5 Å². The summed E-state index contributed by atoms with van der Waals surface area (Å²) in [6.45, 7) is 1.25. The van der Waals surface area contributed by atoms with E-state index in [-0.39, 0.29) is 30.7 Å². The molecule has 0 atom stereocenters. The summed E-state index contributed by atoms with van der Waals surface area (Å²) in [6, 6.07) is 16.2. The minimum atomic E-state index is -4.75. The van der Waals surface area contributed by atoms with E-state index in [2.05, 4.69) is 10.1 Å². The maximum absolute atomic E-state index is 13.2. The summed E-state index contributed by atoms with van der Waals surface area (Å²) in [4.78, 5) is 30.0. The minimum Gasteiger partial charge on any atom is -0.406 e. The highest BCUT2D eigenvalue weighted by Crippen LogP contribution is 2.30. The molecule has 4 rings (SSSR count). The van der Waals surface area contributed by atoms with E-state index >= 15 is 0 Å². The first kappa shape index (κ1) is 23.6. The van der Waals surface area contributed by atoms with Crippen LogP contribution in [0.5, 0.6) is 5.75 Å². The van der Waals surface area contributed by atoms with Gasteiger partial charge in [0.05, 0.1) is 17.8 Å². The summed E-state index contributed by atoms with van der Waals surface area (Å²) in [7, 11) is 0. The Morgan fingerprint density at radius 1 is 1.03 bits per heavy atom. The van der Waals surface area contributed by atoms with Crippen molar-refractivity contribution in [3.05, 3.63) is 76.5 Å². The fraction of sp³-hybridized carbons (Fsp3) is 0.250. The number of anilines is 2. The number of para-hydroxylation sites is 2. The van der Waals surface area contributed by atoms with Crippen LogP contribution >= 0.6 is 11.3 Å². The molecular formula is C24H22F3N3O3S. The Hall–Kier alpha value is -3.53. The fourth-order valence-corrected chi connectivity index (χ4v) is 4.45. The SMILES string of the molecule is O=C(Cc1cccs1)Nc1ccccc1N1CCCN(Cc2ccc(OC(F)(F)F)cc2)C1=O. The third-order valence-corrected chi connectivity index (χ3v) is 6.10. The van der Waals surface area contributed by atoms with Gasteiger partial charge in [-0.3, -0.25) is 9.69 Å². The number of nitrogens with zero attached hydrogens (tertiary/aromatic N) is 2. The first-order valence-corrected chi connectivity index (χ1v) is 11.5. The zero-order chi connectivity index (χ0) is 24.1. The molecule has 1 aliphatic rings. The van der Waals surface area contributed by atoms with Crippen molar-refractivity contribution in [1.29, 1.82) is 0 Å². The van der Waals surface area contributed by atoms with Gasteiger partial charge in [0, 0.05) is 24.5 Å². The molecule has 178 valence electrons. The van der Waals surface area contributed by atoms with Gasteiger partial charge in [-0.05, 0) is 47.7 Å². The normalized spacial score (nSPS) is 14.3. The second-order valence-electron chi connectivity index (χ2n) is 7.72. The topological polar surface area (TPSA) is 61.9 Å². The van der Waals surface area contributed by atoms with Gasteiger partial charge in [-0.2, -0.15) is 0 Å². The number of halogens is 3. The first-order valence-electron chi connectivity index (χ1n) is 10.6. The molecular weight excluding hydrogens is 467 g/mol. The van der Waals surface area contributed by atoms with Crippen LogP contribution in [-0.4, -0.2) is 36.3 Å². The van der Waals surface area contributed by atoms with Gasteiger partial charge in [-0.25, -0.2) is 4.79 Å². The van der Waals surface area contributed by atoms with Crippen molar-refractivity contribution in [2.24, 2.45) is 0 Å². The van der Waals surface area contributed by atoms with Gasteiger partial charge in [0.2, 0.25) is 5.91 Å². The number of ether oxygens (including phenoxy) is 1. The molecule has 1 aliphatic heterocycles. The number of rotatable bonds is 7. The maximum atomic E-state index is 13.2. The average Bonchev–Trinajstić information content (AvgIpc) is 3.29. The number of carbonyl (C=O) groups excluding carboxylic acids is 2. The number of carbonyl (C=O) groups is 2. The monoisotopic (exact) mass is 489 g/mol.